The summed E-state index contributed by atoms with van der Waals surface area (Å²) in [6.07, 6.45) is 0.220. The Morgan fingerprint density at radius 3 is 2.15 bits per heavy atom. The van der Waals surface area contributed by atoms with Crippen molar-refractivity contribution in [1.82, 2.24) is 10.2 Å². The summed E-state index contributed by atoms with van der Waals surface area (Å²) in [5, 5.41) is 3.06. The third-order valence-electron chi connectivity index (χ3n) is 6.06. The highest BCUT2D eigenvalue weighted by atomic mass is 16.5. The number of rotatable bonds is 8. The normalized spacial score (nSPS) is 14.4. The molecule has 1 saturated heterocycles. The lowest BCUT2D eigenvalue weighted by atomic mass is 10.0. The average molecular weight is 458 g/mol. The lowest BCUT2D eigenvalue weighted by molar-refractivity contribution is -0.132. The number of nitrogens with one attached hydrogen (secondary N) is 1. The highest BCUT2D eigenvalue weighted by Gasteiger charge is 2.26. The Balaban J connectivity index is 1.41. The molecule has 0 aliphatic carbocycles. The van der Waals surface area contributed by atoms with Gasteiger partial charge in [-0.15, -0.1) is 0 Å². The fourth-order valence-corrected chi connectivity index (χ4v) is 4.27. The number of hydrogen-bond acceptors (Lipinski definition) is 4. The molecule has 1 N–H and O–H groups in total. The molecule has 0 bridgehead atoms. The van der Waals surface area contributed by atoms with Crippen molar-refractivity contribution in [2.45, 2.75) is 19.4 Å². The van der Waals surface area contributed by atoms with Crippen molar-refractivity contribution in [3.63, 3.8) is 0 Å². The average Bonchev–Trinajstić information content (AvgIpc) is 2.90. The molecule has 1 atom stereocenters. The number of nitrogens with zero attached hydrogens (tertiary/aromatic N) is 2. The highest BCUT2D eigenvalue weighted by molar-refractivity contribution is 5.94. The van der Waals surface area contributed by atoms with Crippen LogP contribution >= 0.6 is 0 Å². The molecule has 176 valence electrons. The molecule has 1 heterocycles. The van der Waals surface area contributed by atoms with E-state index in [9.17, 15) is 9.59 Å². The van der Waals surface area contributed by atoms with Gasteiger partial charge in [0.25, 0.3) is 5.91 Å². The number of hydrogen-bond donors (Lipinski definition) is 1. The van der Waals surface area contributed by atoms with E-state index in [4.69, 9.17) is 4.74 Å². The van der Waals surface area contributed by atoms with Gasteiger partial charge in [0.1, 0.15) is 5.75 Å². The molecule has 6 nitrogen and oxygen atoms in total. The second-order valence-corrected chi connectivity index (χ2v) is 8.28. The molecule has 0 saturated carbocycles. The Kier molecular flexibility index (Phi) is 7.81. The quantitative estimate of drug-likeness (QED) is 0.548. The maximum atomic E-state index is 13.2. The molecule has 3 aromatic carbocycles. The van der Waals surface area contributed by atoms with Gasteiger partial charge in [-0.05, 0) is 36.8 Å². The number of benzene rings is 3. The fraction of sp³-hybridized carbons (Fsp3) is 0.286. The molecule has 4 rings (SSSR count). The van der Waals surface area contributed by atoms with E-state index in [1.165, 1.54) is 0 Å². The number of carbonyl (C=O) groups excluding carboxylic acids is 2. The molecule has 34 heavy (non-hydrogen) atoms. The van der Waals surface area contributed by atoms with E-state index < -0.39 is 6.04 Å². The van der Waals surface area contributed by atoms with E-state index in [1.807, 2.05) is 78.6 Å². The minimum atomic E-state index is -0.391. The van der Waals surface area contributed by atoms with Crippen molar-refractivity contribution in [1.29, 1.82) is 0 Å². The molecule has 1 unspecified atom stereocenters. The summed E-state index contributed by atoms with van der Waals surface area (Å²) in [5.74, 6) is 0.733. The summed E-state index contributed by atoms with van der Waals surface area (Å²) in [5.41, 5.74) is 2.57. The van der Waals surface area contributed by atoms with Crippen LogP contribution in [0.2, 0.25) is 0 Å². The van der Waals surface area contributed by atoms with E-state index >= 15 is 0 Å². The number of carbonyl (C=O) groups is 2. The predicted molar refractivity (Wildman–Crippen MR) is 134 cm³/mol. The van der Waals surface area contributed by atoms with Crippen molar-refractivity contribution in [3.05, 3.63) is 96.1 Å². The molecule has 1 aliphatic heterocycles. The van der Waals surface area contributed by atoms with E-state index in [-0.39, 0.29) is 18.2 Å². The largest absolute Gasteiger partial charge is 0.492 e. The van der Waals surface area contributed by atoms with Gasteiger partial charge in [0.15, 0.2) is 0 Å². The van der Waals surface area contributed by atoms with Gasteiger partial charge >= 0.3 is 0 Å². The van der Waals surface area contributed by atoms with Crippen molar-refractivity contribution in [3.8, 4) is 5.75 Å². The first-order valence-corrected chi connectivity index (χ1v) is 11.8. The molecular formula is C28H31N3O3. The summed E-state index contributed by atoms with van der Waals surface area (Å²) in [6.45, 7) is 5.34. The van der Waals surface area contributed by atoms with Crippen LogP contribution in [0.4, 0.5) is 5.69 Å². The van der Waals surface area contributed by atoms with Crippen molar-refractivity contribution in [2.24, 2.45) is 0 Å². The maximum Gasteiger partial charge on any atom is 0.251 e. The van der Waals surface area contributed by atoms with Gasteiger partial charge in [0, 0.05) is 31.7 Å². The van der Waals surface area contributed by atoms with Crippen LogP contribution in [-0.2, 0) is 4.79 Å². The molecule has 2 amide bonds. The zero-order valence-corrected chi connectivity index (χ0v) is 19.5. The van der Waals surface area contributed by atoms with Crippen LogP contribution in [0.5, 0.6) is 5.75 Å². The molecule has 6 heteroatoms. The zero-order valence-electron chi connectivity index (χ0n) is 19.5. The number of ether oxygens (including phenoxy) is 1. The third-order valence-corrected chi connectivity index (χ3v) is 6.06. The van der Waals surface area contributed by atoms with Crippen molar-refractivity contribution < 1.29 is 14.3 Å². The van der Waals surface area contributed by atoms with Gasteiger partial charge in [0.05, 0.1) is 24.8 Å². The Morgan fingerprint density at radius 2 is 1.47 bits per heavy atom. The van der Waals surface area contributed by atoms with Gasteiger partial charge < -0.3 is 19.9 Å². The number of anilines is 1. The SMILES string of the molecule is CCOc1ccccc1N1CCN(C(=O)CC(NC(=O)c2ccccc2)c2ccccc2)CC1. The first-order valence-electron chi connectivity index (χ1n) is 11.8. The minimum absolute atomic E-state index is 0.0416. The topological polar surface area (TPSA) is 61.9 Å². The van der Waals surface area contributed by atoms with E-state index in [2.05, 4.69) is 16.3 Å². The maximum absolute atomic E-state index is 13.2. The van der Waals surface area contributed by atoms with Gasteiger partial charge in [0.2, 0.25) is 5.91 Å². The van der Waals surface area contributed by atoms with Crippen LogP contribution < -0.4 is 15.0 Å². The Hall–Kier alpha value is -3.80. The predicted octanol–water partition coefficient (Wildman–Crippen LogP) is 4.30. The molecule has 1 fully saturated rings. The summed E-state index contributed by atoms with van der Waals surface area (Å²) < 4.78 is 5.78. The first-order chi connectivity index (χ1) is 16.7. The van der Waals surface area contributed by atoms with Crippen LogP contribution in [0, 0.1) is 0 Å². The van der Waals surface area contributed by atoms with Gasteiger partial charge in [-0.1, -0.05) is 60.7 Å². The Labute approximate surface area is 201 Å². The summed E-state index contributed by atoms with van der Waals surface area (Å²) in [4.78, 5) is 30.2. The van der Waals surface area contributed by atoms with E-state index in [1.54, 1.807) is 12.1 Å². The third kappa shape index (κ3) is 5.76. The first kappa shape index (κ1) is 23.4. The second kappa shape index (κ2) is 11.4. The molecule has 3 aromatic rings. The standard InChI is InChI=1S/C28H31N3O3/c1-2-34-26-16-10-9-15-25(26)30-17-19-31(20-18-30)27(32)21-24(22-11-5-3-6-12-22)29-28(33)23-13-7-4-8-14-23/h3-16,24H,2,17-21H2,1H3,(H,29,33). The lowest BCUT2D eigenvalue weighted by Gasteiger charge is -2.37. The number of amides is 2. The van der Waals surface area contributed by atoms with Gasteiger partial charge in [-0.2, -0.15) is 0 Å². The monoisotopic (exact) mass is 457 g/mol. The zero-order chi connectivity index (χ0) is 23.8. The summed E-state index contributed by atoms with van der Waals surface area (Å²) in [6, 6.07) is 26.4. The van der Waals surface area contributed by atoms with Crippen LogP contribution in [0.3, 0.4) is 0 Å². The second-order valence-electron chi connectivity index (χ2n) is 8.28. The molecule has 0 aromatic heterocycles. The van der Waals surface area contributed by atoms with Crippen molar-refractivity contribution in [2.75, 3.05) is 37.7 Å². The molecular weight excluding hydrogens is 426 g/mol. The van der Waals surface area contributed by atoms with Crippen LogP contribution in [0.1, 0.15) is 35.3 Å². The van der Waals surface area contributed by atoms with Crippen LogP contribution in [0.15, 0.2) is 84.9 Å². The molecule has 1 aliphatic rings. The van der Waals surface area contributed by atoms with Crippen LogP contribution in [-0.4, -0.2) is 49.5 Å². The Morgan fingerprint density at radius 1 is 0.853 bits per heavy atom. The smallest absolute Gasteiger partial charge is 0.251 e. The van der Waals surface area contributed by atoms with Crippen LogP contribution in [0.25, 0.3) is 0 Å². The summed E-state index contributed by atoms with van der Waals surface area (Å²) >= 11 is 0. The Bertz CT molecular complexity index is 1080. The van der Waals surface area contributed by atoms with E-state index in [0.29, 0.717) is 25.3 Å². The van der Waals surface area contributed by atoms with E-state index in [0.717, 1.165) is 30.1 Å². The van der Waals surface area contributed by atoms with Gasteiger partial charge in [-0.3, -0.25) is 9.59 Å². The number of para-hydroxylation sites is 2. The lowest BCUT2D eigenvalue weighted by Crippen LogP contribution is -2.49. The van der Waals surface area contributed by atoms with Crippen molar-refractivity contribution >= 4 is 17.5 Å². The minimum Gasteiger partial charge on any atom is -0.492 e. The number of piperazine rings is 1. The molecule has 0 spiro atoms. The summed E-state index contributed by atoms with van der Waals surface area (Å²) in [7, 11) is 0. The molecule has 0 radical (unpaired) electrons. The van der Waals surface area contributed by atoms with Gasteiger partial charge in [-0.25, -0.2) is 0 Å². The fourth-order valence-electron chi connectivity index (χ4n) is 4.27. The highest BCUT2D eigenvalue weighted by Crippen LogP contribution is 2.29.